The predicted molar refractivity (Wildman–Crippen MR) is 121 cm³/mol. The Morgan fingerprint density at radius 3 is 2.69 bits per heavy atom. The summed E-state index contributed by atoms with van der Waals surface area (Å²) in [6.07, 6.45) is 7.38. The van der Waals surface area contributed by atoms with Gasteiger partial charge in [-0.15, -0.1) is 0 Å². The molecule has 3 aliphatic rings. The molecule has 2 fully saturated rings. The molecule has 0 unspecified atom stereocenters. The lowest BCUT2D eigenvalue weighted by Gasteiger charge is -2.36. The molecule has 35 heavy (non-hydrogen) atoms. The number of hydrogen-bond donors (Lipinski definition) is 2. The third-order valence-electron chi connectivity index (χ3n) is 7.26. The summed E-state index contributed by atoms with van der Waals surface area (Å²) in [6, 6.07) is 2.83. The summed E-state index contributed by atoms with van der Waals surface area (Å²) < 4.78 is 34.2. The third-order valence-corrected chi connectivity index (χ3v) is 7.26. The number of rotatable bonds is 5. The zero-order valence-corrected chi connectivity index (χ0v) is 19.1. The van der Waals surface area contributed by atoms with Crippen LogP contribution in [-0.4, -0.2) is 45.3 Å². The maximum Gasteiger partial charge on any atom is 0.276 e. The van der Waals surface area contributed by atoms with Gasteiger partial charge in [0.25, 0.3) is 11.8 Å². The van der Waals surface area contributed by atoms with E-state index in [2.05, 4.69) is 5.32 Å². The molecule has 10 heteroatoms. The molecule has 2 N–H and O–H groups in total. The Bertz CT molecular complexity index is 1220. The van der Waals surface area contributed by atoms with Gasteiger partial charge in [0.2, 0.25) is 5.43 Å². The standard InChI is InChI=1S/C25H27F2N3O5/c26-16-7-6-15(19(27)9-16)10-28-24(33)18-11-29-12-20-30(25(34)21(29)23(32)22(18)31)17(13-35-20)8-14-4-2-1-3-5-14/h6-7,9,11,14,17,20,32H,1-5,8,10,12-13H2,(H,28,33)/t17-,20+/m0/s1. The lowest BCUT2D eigenvalue weighted by atomic mass is 9.84. The first kappa shape index (κ1) is 23.5. The number of aromatic hydroxyl groups is 1. The number of fused-ring (bicyclic) bond motifs is 2. The Hall–Kier alpha value is -3.27. The predicted octanol–water partition coefficient (Wildman–Crippen LogP) is 2.91. The Kier molecular flexibility index (Phi) is 6.31. The van der Waals surface area contributed by atoms with Gasteiger partial charge in [0, 0.05) is 24.4 Å². The normalized spacial score (nSPS) is 22.1. The number of nitrogens with zero attached hydrogens (tertiary/aromatic N) is 2. The number of hydrogen-bond acceptors (Lipinski definition) is 5. The first-order valence-corrected chi connectivity index (χ1v) is 12.0. The largest absolute Gasteiger partial charge is 0.503 e. The summed E-state index contributed by atoms with van der Waals surface area (Å²) in [5.74, 6) is -3.18. The number of aromatic nitrogens is 1. The van der Waals surface area contributed by atoms with E-state index in [4.69, 9.17) is 4.74 Å². The minimum atomic E-state index is -0.982. The van der Waals surface area contributed by atoms with E-state index in [-0.39, 0.29) is 36.0 Å². The molecule has 8 nitrogen and oxygen atoms in total. The van der Waals surface area contributed by atoms with Gasteiger partial charge in [-0.1, -0.05) is 38.2 Å². The minimum absolute atomic E-state index is 0.0382. The highest BCUT2D eigenvalue weighted by molar-refractivity contribution is 5.99. The first-order chi connectivity index (χ1) is 16.8. The van der Waals surface area contributed by atoms with Crippen molar-refractivity contribution in [3.05, 3.63) is 63.1 Å². The number of amides is 2. The van der Waals surface area contributed by atoms with Crippen LogP contribution in [0.2, 0.25) is 0 Å². The van der Waals surface area contributed by atoms with Gasteiger partial charge in [0.1, 0.15) is 17.2 Å². The molecule has 186 valence electrons. The van der Waals surface area contributed by atoms with Gasteiger partial charge in [0.05, 0.1) is 19.2 Å². The minimum Gasteiger partial charge on any atom is -0.503 e. The fourth-order valence-electron chi connectivity index (χ4n) is 5.45. The van der Waals surface area contributed by atoms with Crippen molar-refractivity contribution < 1.29 is 28.2 Å². The van der Waals surface area contributed by atoms with Crippen LogP contribution in [0.4, 0.5) is 8.78 Å². The molecule has 2 aliphatic heterocycles. The van der Waals surface area contributed by atoms with E-state index in [0.717, 1.165) is 25.3 Å². The lowest BCUT2D eigenvalue weighted by molar-refractivity contribution is 0.00487. The van der Waals surface area contributed by atoms with Crippen molar-refractivity contribution >= 4 is 11.8 Å². The van der Waals surface area contributed by atoms with E-state index in [1.807, 2.05) is 0 Å². The number of nitrogens with one attached hydrogen (secondary N) is 1. The zero-order chi connectivity index (χ0) is 24.7. The molecule has 3 heterocycles. The summed E-state index contributed by atoms with van der Waals surface area (Å²) in [5, 5.41) is 13.0. The fourth-order valence-corrected chi connectivity index (χ4v) is 5.45. The van der Waals surface area contributed by atoms with Crippen molar-refractivity contribution in [2.24, 2.45) is 5.92 Å². The van der Waals surface area contributed by atoms with Crippen molar-refractivity contribution in [1.82, 2.24) is 14.8 Å². The van der Waals surface area contributed by atoms with E-state index in [9.17, 15) is 28.3 Å². The monoisotopic (exact) mass is 487 g/mol. The number of benzene rings is 1. The highest BCUT2D eigenvalue weighted by Gasteiger charge is 2.45. The van der Waals surface area contributed by atoms with E-state index in [1.54, 1.807) is 4.90 Å². The van der Waals surface area contributed by atoms with Crippen LogP contribution in [0, 0.1) is 17.6 Å². The quantitative estimate of drug-likeness (QED) is 0.676. The van der Waals surface area contributed by atoms with Gasteiger partial charge in [-0.2, -0.15) is 0 Å². The summed E-state index contributed by atoms with van der Waals surface area (Å²) in [5.41, 5.74) is -1.49. The molecule has 1 saturated carbocycles. The molecule has 0 bridgehead atoms. The lowest BCUT2D eigenvalue weighted by Crippen LogP contribution is -2.50. The molecule has 1 aromatic heterocycles. The molecular weight excluding hydrogens is 460 g/mol. The van der Waals surface area contributed by atoms with E-state index >= 15 is 0 Å². The van der Waals surface area contributed by atoms with Crippen molar-refractivity contribution in [1.29, 1.82) is 0 Å². The van der Waals surface area contributed by atoms with E-state index in [0.29, 0.717) is 18.6 Å². The van der Waals surface area contributed by atoms with Crippen molar-refractivity contribution in [3.8, 4) is 5.75 Å². The highest BCUT2D eigenvalue weighted by Crippen LogP contribution is 2.35. The number of ether oxygens (including phenoxy) is 1. The van der Waals surface area contributed by atoms with Gasteiger partial charge in [-0.3, -0.25) is 14.4 Å². The Morgan fingerprint density at radius 2 is 1.94 bits per heavy atom. The SMILES string of the molecule is O=C(NCc1ccc(F)cc1F)c1cn2c(c(O)c1=O)C(=O)N1[C@@H](CC3CCCCC3)CO[C@@H]1C2. The summed E-state index contributed by atoms with van der Waals surface area (Å²) in [7, 11) is 0. The maximum absolute atomic E-state index is 13.9. The highest BCUT2D eigenvalue weighted by atomic mass is 19.1. The molecule has 2 aromatic rings. The van der Waals surface area contributed by atoms with Crippen LogP contribution >= 0.6 is 0 Å². The zero-order valence-electron chi connectivity index (χ0n) is 19.1. The Morgan fingerprint density at radius 1 is 1.17 bits per heavy atom. The van der Waals surface area contributed by atoms with Gasteiger partial charge in [-0.05, 0) is 18.4 Å². The number of halogens is 2. The van der Waals surface area contributed by atoms with Crippen LogP contribution in [0.25, 0.3) is 0 Å². The van der Waals surface area contributed by atoms with Gasteiger partial charge < -0.3 is 24.6 Å². The van der Waals surface area contributed by atoms with E-state index in [1.165, 1.54) is 36.1 Å². The fraction of sp³-hybridized carbons (Fsp3) is 0.480. The molecule has 5 rings (SSSR count). The van der Waals surface area contributed by atoms with Crippen molar-refractivity contribution in [3.63, 3.8) is 0 Å². The molecule has 1 saturated heterocycles. The average molecular weight is 488 g/mol. The second-order valence-corrected chi connectivity index (χ2v) is 9.53. The molecule has 0 spiro atoms. The second kappa shape index (κ2) is 9.41. The van der Waals surface area contributed by atoms with Crippen LogP contribution in [0.1, 0.15) is 64.9 Å². The average Bonchev–Trinajstić information content (AvgIpc) is 3.23. The number of carbonyl (C=O) groups excluding carboxylic acids is 2. The Labute approximate surface area is 200 Å². The van der Waals surface area contributed by atoms with Gasteiger partial charge >= 0.3 is 0 Å². The second-order valence-electron chi connectivity index (χ2n) is 9.53. The molecule has 2 atom stereocenters. The van der Waals surface area contributed by atoms with Crippen LogP contribution in [0.15, 0.2) is 29.2 Å². The topological polar surface area (TPSA) is 101 Å². The molecule has 1 aliphatic carbocycles. The number of pyridine rings is 1. The van der Waals surface area contributed by atoms with Crippen molar-refractivity contribution in [2.45, 2.75) is 63.9 Å². The van der Waals surface area contributed by atoms with Crippen LogP contribution in [0.3, 0.4) is 0 Å². The number of carbonyl (C=O) groups is 2. The summed E-state index contributed by atoms with van der Waals surface area (Å²) in [6.45, 7) is 0.278. The van der Waals surface area contributed by atoms with Gasteiger partial charge in [0.15, 0.2) is 17.7 Å². The molecule has 1 aromatic carbocycles. The van der Waals surface area contributed by atoms with Gasteiger partial charge in [-0.25, -0.2) is 8.78 Å². The first-order valence-electron chi connectivity index (χ1n) is 12.0. The molecule has 2 amide bonds. The summed E-state index contributed by atoms with van der Waals surface area (Å²) in [4.78, 5) is 40.4. The van der Waals surface area contributed by atoms with Crippen molar-refractivity contribution in [2.75, 3.05) is 6.61 Å². The summed E-state index contributed by atoms with van der Waals surface area (Å²) >= 11 is 0. The van der Waals surface area contributed by atoms with Crippen LogP contribution in [0.5, 0.6) is 5.75 Å². The molecule has 0 radical (unpaired) electrons. The van der Waals surface area contributed by atoms with Crippen LogP contribution in [-0.2, 0) is 17.8 Å². The smallest absolute Gasteiger partial charge is 0.276 e. The third kappa shape index (κ3) is 4.42. The van der Waals surface area contributed by atoms with Crippen LogP contribution < -0.4 is 10.7 Å². The van der Waals surface area contributed by atoms with E-state index < -0.39 is 40.9 Å². The maximum atomic E-state index is 13.9. The Balaban J connectivity index is 1.36. The molecular formula is C25H27F2N3O5.